The minimum absolute atomic E-state index is 0.0462. The third-order valence-corrected chi connectivity index (χ3v) is 4.03. The van der Waals surface area contributed by atoms with E-state index in [1.807, 2.05) is 0 Å². The summed E-state index contributed by atoms with van der Waals surface area (Å²) >= 11 is 0. The number of para-hydroxylation sites is 1. The van der Waals surface area contributed by atoms with Crippen molar-refractivity contribution in [1.29, 1.82) is 0 Å². The van der Waals surface area contributed by atoms with Gasteiger partial charge in [-0.25, -0.2) is 4.99 Å². The molecule has 1 heterocycles. The number of aliphatic hydroxyl groups is 2. The van der Waals surface area contributed by atoms with Crippen LogP contribution in [0.2, 0.25) is 0 Å². The number of nitrogens with zero attached hydrogens (tertiary/aromatic N) is 1. The molecule has 0 fully saturated rings. The van der Waals surface area contributed by atoms with Crippen molar-refractivity contribution in [3.63, 3.8) is 0 Å². The van der Waals surface area contributed by atoms with Gasteiger partial charge in [-0.2, -0.15) is 0 Å². The van der Waals surface area contributed by atoms with Gasteiger partial charge in [0.25, 0.3) is 0 Å². The van der Waals surface area contributed by atoms with Crippen LogP contribution in [0.3, 0.4) is 0 Å². The number of aliphatic hydroxyl groups excluding tert-OH is 1. The Kier molecular flexibility index (Phi) is 3.37. The van der Waals surface area contributed by atoms with E-state index in [0.29, 0.717) is 17.0 Å². The van der Waals surface area contributed by atoms with Gasteiger partial charge < -0.3 is 26.0 Å². The van der Waals surface area contributed by atoms with Gasteiger partial charge in [0.15, 0.2) is 23.1 Å². The lowest BCUT2D eigenvalue weighted by Crippen LogP contribution is -2.45. The number of carbonyl (C=O) groups is 1. The van der Waals surface area contributed by atoms with E-state index in [-0.39, 0.29) is 35.2 Å². The van der Waals surface area contributed by atoms with E-state index >= 15 is 0 Å². The summed E-state index contributed by atoms with van der Waals surface area (Å²) < 4.78 is 5.24. The second kappa shape index (κ2) is 5.13. The first-order valence-electron chi connectivity index (χ1n) is 7.03. The smallest absolute Gasteiger partial charge is 0.198 e. The average Bonchev–Trinajstić information content (AvgIpc) is 2.51. The molecule has 0 radical (unpaired) electrons. The number of Topliss-reactive ketones (excluding diaryl/α,β-unsaturated/α-hetero) is 1. The molecule has 1 atom stereocenters. The molecule has 0 amide bonds. The van der Waals surface area contributed by atoms with Crippen molar-refractivity contribution in [1.82, 2.24) is 5.32 Å². The van der Waals surface area contributed by atoms with Crippen LogP contribution in [-0.2, 0) is 10.4 Å². The molecule has 5 N–H and O–H groups in total. The van der Waals surface area contributed by atoms with Gasteiger partial charge in [0.05, 0.1) is 30.5 Å². The molecule has 1 aromatic carbocycles. The lowest BCUT2D eigenvalue weighted by molar-refractivity contribution is -0.121. The summed E-state index contributed by atoms with van der Waals surface area (Å²) in [6.45, 7) is 1.63. The fourth-order valence-electron chi connectivity index (χ4n) is 2.98. The maximum Gasteiger partial charge on any atom is 0.198 e. The zero-order valence-corrected chi connectivity index (χ0v) is 12.8. The van der Waals surface area contributed by atoms with Crippen LogP contribution in [0.25, 0.3) is 0 Å². The van der Waals surface area contributed by atoms with Gasteiger partial charge >= 0.3 is 0 Å². The Hall–Kier alpha value is -2.80. The third kappa shape index (κ3) is 2.17. The van der Waals surface area contributed by atoms with Crippen LogP contribution in [0.15, 0.2) is 52.0 Å². The predicted octanol–water partition coefficient (Wildman–Crippen LogP) is 0.817. The minimum atomic E-state index is -1.90. The summed E-state index contributed by atoms with van der Waals surface area (Å²) in [5.74, 6) is -0.303. The highest BCUT2D eigenvalue weighted by atomic mass is 16.5. The molecule has 7 nitrogen and oxygen atoms in total. The summed E-state index contributed by atoms with van der Waals surface area (Å²) in [6.07, 6.45) is -0.313. The Labute approximate surface area is 132 Å². The van der Waals surface area contributed by atoms with Gasteiger partial charge in [-0.05, 0) is 13.0 Å². The SMILES string of the molecule is COc1ccccc1C1(O)CC(=O)C2=C(C)N=C(N)NC2=C1O. The highest BCUT2D eigenvalue weighted by Crippen LogP contribution is 2.44. The van der Waals surface area contributed by atoms with Crippen molar-refractivity contribution >= 4 is 11.7 Å². The van der Waals surface area contributed by atoms with E-state index in [9.17, 15) is 15.0 Å². The Balaban J connectivity index is 2.24. The molecule has 1 aliphatic carbocycles. The second-order valence-electron chi connectivity index (χ2n) is 5.47. The Bertz CT molecular complexity index is 794. The van der Waals surface area contributed by atoms with Gasteiger partial charge in [0.2, 0.25) is 0 Å². The number of guanidine groups is 1. The molecule has 0 aromatic heterocycles. The summed E-state index contributed by atoms with van der Waals surface area (Å²) in [5, 5.41) is 24.4. The van der Waals surface area contributed by atoms with Crippen LogP contribution in [0.5, 0.6) is 5.75 Å². The van der Waals surface area contributed by atoms with Gasteiger partial charge in [0.1, 0.15) is 5.75 Å². The summed E-state index contributed by atoms with van der Waals surface area (Å²) in [7, 11) is 1.45. The number of hydrogen-bond donors (Lipinski definition) is 4. The van der Waals surface area contributed by atoms with Gasteiger partial charge in [-0.3, -0.25) is 4.79 Å². The van der Waals surface area contributed by atoms with Crippen molar-refractivity contribution in [2.75, 3.05) is 7.11 Å². The topological polar surface area (TPSA) is 117 Å². The van der Waals surface area contributed by atoms with Crippen LogP contribution in [0.1, 0.15) is 18.9 Å². The molecule has 0 saturated carbocycles. The first kappa shape index (κ1) is 15.1. The van der Waals surface area contributed by atoms with Crippen molar-refractivity contribution in [3.8, 4) is 5.75 Å². The maximum absolute atomic E-state index is 12.5. The monoisotopic (exact) mass is 315 g/mol. The number of carbonyl (C=O) groups excluding carboxylic acids is 1. The number of fused-ring (bicyclic) bond motifs is 1. The quantitative estimate of drug-likeness (QED) is 0.642. The molecule has 23 heavy (non-hydrogen) atoms. The van der Waals surface area contributed by atoms with Crippen LogP contribution in [-0.4, -0.2) is 29.1 Å². The standard InChI is InChI=1S/C16H17N3O4/c1-8-12-10(20)7-16(22,9-5-3-4-6-11(9)23-2)14(21)13(12)19-15(17)18-8/h3-6,21-22H,7H2,1-2H3,(H3,17,18,19). The lowest BCUT2D eigenvalue weighted by atomic mass is 9.77. The van der Waals surface area contributed by atoms with E-state index in [0.717, 1.165) is 0 Å². The molecule has 1 unspecified atom stereocenters. The largest absolute Gasteiger partial charge is 0.507 e. The molecule has 7 heteroatoms. The first-order valence-corrected chi connectivity index (χ1v) is 7.03. The zero-order chi connectivity index (χ0) is 16.8. The zero-order valence-electron chi connectivity index (χ0n) is 12.8. The number of allylic oxidation sites excluding steroid dienone is 2. The molecule has 0 bridgehead atoms. The number of hydrogen-bond acceptors (Lipinski definition) is 7. The minimum Gasteiger partial charge on any atom is -0.507 e. The average molecular weight is 315 g/mol. The van der Waals surface area contributed by atoms with Crippen molar-refractivity contribution in [2.24, 2.45) is 10.7 Å². The second-order valence-corrected chi connectivity index (χ2v) is 5.47. The number of nitrogens with two attached hydrogens (primary N) is 1. The molecule has 0 spiro atoms. The molecule has 120 valence electrons. The predicted molar refractivity (Wildman–Crippen MR) is 83.6 cm³/mol. The van der Waals surface area contributed by atoms with Crippen molar-refractivity contribution in [3.05, 3.63) is 52.6 Å². The lowest BCUT2D eigenvalue weighted by Gasteiger charge is -2.36. The number of aliphatic imine (C=N–C) groups is 1. The van der Waals surface area contributed by atoms with Gasteiger partial charge in [-0.15, -0.1) is 0 Å². The van der Waals surface area contributed by atoms with Crippen LogP contribution in [0, 0.1) is 0 Å². The van der Waals surface area contributed by atoms with E-state index in [1.54, 1.807) is 31.2 Å². The van der Waals surface area contributed by atoms with Gasteiger partial charge in [-0.1, -0.05) is 18.2 Å². The highest BCUT2D eigenvalue weighted by molar-refractivity contribution is 6.05. The fourth-order valence-corrected chi connectivity index (χ4v) is 2.98. The number of ether oxygens (including phenoxy) is 1. The molecule has 3 rings (SSSR count). The van der Waals surface area contributed by atoms with Crippen molar-refractivity contribution < 1.29 is 19.7 Å². The number of nitrogens with one attached hydrogen (secondary N) is 1. The fraction of sp³-hybridized carbons (Fsp3) is 0.250. The van der Waals surface area contributed by atoms with E-state index in [4.69, 9.17) is 10.5 Å². The number of benzene rings is 1. The van der Waals surface area contributed by atoms with Crippen LogP contribution in [0.4, 0.5) is 0 Å². The summed E-state index contributed by atoms with van der Waals surface area (Å²) in [6, 6.07) is 6.68. The van der Waals surface area contributed by atoms with Crippen molar-refractivity contribution in [2.45, 2.75) is 18.9 Å². The summed E-state index contributed by atoms with van der Waals surface area (Å²) in [4.78, 5) is 16.5. The number of ketones is 1. The molecular weight excluding hydrogens is 298 g/mol. The van der Waals surface area contributed by atoms with Gasteiger partial charge in [0, 0.05) is 5.56 Å². The first-order chi connectivity index (χ1) is 10.9. The van der Waals surface area contributed by atoms with E-state index in [1.165, 1.54) is 7.11 Å². The third-order valence-electron chi connectivity index (χ3n) is 4.03. The molecule has 0 saturated heterocycles. The summed E-state index contributed by atoms with van der Waals surface area (Å²) in [5.41, 5.74) is 4.79. The van der Waals surface area contributed by atoms with Crippen LogP contribution < -0.4 is 15.8 Å². The molecule has 2 aliphatic rings. The Morgan fingerprint density at radius 2 is 2.09 bits per heavy atom. The molecular formula is C16H17N3O4. The number of rotatable bonds is 2. The van der Waals surface area contributed by atoms with E-state index < -0.39 is 5.60 Å². The molecule has 1 aliphatic heterocycles. The van der Waals surface area contributed by atoms with Crippen LogP contribution >= 0.6 is 0 Å². The van der Waals surface area contributed by atoms with E-state index in [2.05, 4.69) is 10.3 Å². The normalized spacial score (nSPS) is 24.1. The molecule has 1 aromatic rings. The maximum atomic E-state index is 12.5. The highest BCUT2D eigenvalue weighted by Gasteiger charge is 2.47. The number of methoxy groups -OCH3 is 1. The Morgan fingerprint density at radius 3 is 2.78 bits per heavy atom. The Morgan fingerprint density at radius 1 is 1.39 bits per heavy atom.